The minimum atomic E-state index is -1.03. The Morgan fingerprint density at radius 2 is 1.93 bits per heavy atom. The van der Waals surface area contributed by atoms with Gasteiger partial charge < -0.3 is 10.1 Å². The van der Waals surface area contributed by atoms with E-state index in [2.05, 4.69) is 5.32 Å². The van der Waals surface area contributed by atoms with Crippen molar-refractivity contribution >= 4 is 28.9 Å². The van der Waals surface area contributed by atoms with Gasteiger partial charge in [0.05, 0.1) is 11.4 Å². The zero-order valence-corrected chi connectivity index (χ0v) is 17.9. The zero-order chi connectivity index (χ0) is 21.4. The molecule has 0 bridgehead atoms. The lowest BCUT2D eigenvalue weighted by Crippen LogP contribution is -2.32. The third-order valence-electron chi connectivity index (χ3n) is 5.40. The van der Waals surface area contributed by atoms with Crippen LogP contribution in [0.4, 0.5) is 5.69 Å². The van der Waals surface area contributed by atoms with E-state index in [1.165, 1.54) is 33.4 Å². The average molecular weight is 426 g/mol. The summed E-state index contributed by atoms with van der Waals surface area (Å²) in [5.41, 5.74) is 2.32. The lowest BCUT2D eigenvalue weighted by atomic mass is 10.2. The van der Waals surface area contributed by atoms with E-state index >= 15 is 0 Å². The van der Waals surface area contributed by atoms with Crippen LogP contribution < -0.4 is 10.9 Å². The van der Waals surface area contributed by atoms with E-state index in [9.17, 15) is 14.4 Å². The minimum absolute atomic E-state index is 0.171. The molecule has 0 radical (unpaired) electrons. The molecule has 4 rings (SSSR count). The van der Waals surface area contributed by atoms with Crippen LogP contribution in [0.2, 0.25) is 0 Å². The summed E-state index contributed by atoms with van der Waals surface area (Å²) in [7, 11) is 1.75. The maximum atomic E-state index is 12.9. The predicted octanol–water partition coefficient (Wildman–Crippen LogP) is 3.22. The van der Waals surface area contributed by atoms with E-state index in [-0.39, 0.29) is 11.2 Å². The lowest BCUT2D eigenvalue weighted by molar-refractivity contribution is -0.123. The summed E-state index contributed by atoms with van der Waals surface area (Å²) in [6.45, 7) is 3.25. The number of hydrogen-bond acceptors (Lipinski definition) is 5. The number of para-hydroxylation sites is 1. The summed E-state index contributed by atoms with van der Waals surface area (Å²) in [6, 6.07) is 11.0. The first kappa shape index (κ1) is 20.2. The number of aromatic nitrogens is 2. The van der Waals surface area contributed by atoms with Crippen LogP contribution in [0.3, 0.4) is 0 Å². The quantitative estimate of drug-likeness (QED) is 0.637. The molecule has 1 N–H and O–H groups in total. The van der Waals surface area contributed by atoms with Crippen molar-refractivity contribution in [2.24, 2.45) is 7.05 Å². The van der Waals surface area contributed by atoms with Crippen molar-refractivity contribution in [2.45, 2.75) is 39.2 Å². The zero-order valence-electron chi connectivity index (χ0n) is 17.1. The van der Waals surface area contributed by atoms with Gasteiger partial charge in [-0.15, -0.1) is 11.3 Å². The summed E-state index contributed by atoms with van der Waals surface area (Å²) >= 11 is 1.43. The van der Waals surface area contributed by atoms with Crippen molar-refractivity contribution < 1.29 is 14.3 Å². The molecule has 1 amide bonds. The molecule has 2 aromatic heterocycles. The number of fused-ring (bicyclic) bond motifs is 1. The van der Waals surface area contributed by atoms with Gasteiger partial charge >= 0.3 is 5.97 Å². The Kier molecular flexibility index (Phi) is 5.34. The lowest BCUT2D eigenvalue weighted by Gasteiger charge is -2.12. The third kappa shape index (κ3) is 3.59. The van der Waals surface area contributed by atoms with Crippen LogP contribution >= 0.6 is 11.3 Å². The molecule has 0 saturated carbocycles. The number of thiophene rings is 1. The van der Waals surface area contributed by atoms with Crippen molar-refractivity contribution in [3.8, 4) is 5.69 Å². The second-order valence-electron chi connectivity index (χ2n) is 7.39. The number of aryl methyl sites for hydroxylation is 2. The highest BCUT2D eigenvalue weighted by atomic mass is 32.1. The number of carbonyl (C=O) groups is 2. The van der Waals surface area contributed by atoms with Crippen LogP contribution in [0.25, 0.3) is 5.69 Å². The average Bonchev–Trinajstić information content (AvgIpc) is 3.38. The summed E-state index contributed by atoms with van der Waals surface area (Å²) in [5.74, 6) is -1.05. The number of nitrogens with zero attached hydrogens (tertiary/aromatic N) is 2. The molecule has 7 nitrogen and oxygen atoms in total. The highest BCUT2D eigenvalue weighted by Gasteiger charge is 2.25. The van der Waals surface area contributed by atoms with Crippen molar-refractivity contribution in [1.29, 1.82) is 0 Å². The first-order valence-corrected chi connectivity index (χ1v) is 10.7. The Bertz CT molecular complexity index is 1150. The number of nitrogens with one attached hydrogen (secondary N) is 1. The fourth-order valence-electron chi connectivity index (χ4n) is 3.64. The van der Waals surface area contributed by atoms with Gasteiger partial charge in [-0.05, 0) is 56.9 Å². The molecule has 1 aromatic carbocycles. The van der Waals surface area contributed by atoms with E-state index < -0.39 is 18.0 Å². The molecular weight excluding hydrogens is 402 g/mol. The second-order valence-corrected chi connectivity index (χ2v) is 8.52. The SMILES string of the molecule is Cc1c(NC(=O)[C@H](C)OC(=O)c2cc3c(s2)CCC3)c(=O)n(-c2ccccc2)n1C. The number of esters is 1. The van der Waals surface area contributed by atoms with Gasteiger partial charge in [-0.25, -0.2) is 9.48 Å². The molecule has 0 fully saturated rings. The number of rotatable bonds is 5. The molecule has 0 unspecified atom stereocenters. The van der Waals surface area contributed by atoms with Gasteiger partial charge in [-0.1, -0.05) is 18.2 Å². The molecule has 0 aliphatic heterocycles. The molecule has 3 aromatic rings. The van der Waals surface area contributed by atoms with Gasteiger partial charge in [0.2, 0.25) is 0 Å². The maximum absolute atomic E-state index is 12.9. The Morgan fingerprint density at radius 3 is 2.63 bits per heavy atom. The number of amides is 1. The van der Waals surface area contributed by atoms with Gasteiger partial charge in [0.25, 0.3) is 11.5 Å². The first-order valence-electron chi connectivity index (χ1n) is 9.84. The van der Waals surface area contributed by atoms with Gasteiger partial charge in [0, 0.05) is 11.9 Å². The van der Waals surface area contributed by atoms with E-state index in [1.54, 1.807) is 18.7 Å². The number of anilines is 1. The molecule has 30 heavy (non-hydrogen) atoms. The van der Waals surface area contributed by atoms with Gasteiger partial charge in [-0.3, -0.25) is 14.3 Å². The van der Waals surface area contributed by atoms with Gasteiger partial charge in [0.15, 0.2) is 6.10 Å². The molecule has 1 atom stereocenters. The van der Waals surface area contributed by atoms with E-state index in [1.807, 2.05) is 36.4 Å². The molecule has 156 valence electrons. The summed E-state index contributed by atoms with van der Waals surface area (Å²) in [6.07, 6.45) is 2.06. The molecule has 0 spiro atoms. The Balaban J connectivity index is 1.49. The fourth-order valence-corrected chi connectivity index (χ4v) is 4.78. The van der Waals surface area contributed by atoms with Crippen LogP contribution in [0, 0.1) is 6.92 Å². The van der Waals surface area contributed by atoms with Crippen LogP contribution in [-0.2, 0) is 29.4 Å². The molecular formula is C22H23N3O4S. The monoisotopic (exact) mass is 425 g/mol. The molecule has 1 aliphatic rings. The van der Waals surface area contributed by atoms with Crippen molar-refractivity contribution in [3.63, 3.8) is 0 Å². The number of hydrogen-bond donors (Lipinski definition) is 1. The summed E-state index contributed by atoms with van der Waals surface area (Å²) < 4.78 is 8.51. The Morgan fingerprint density at radius 1 is 1.20 bits per heavy atom. The number of ether oxygens (including phenoxy) is 1. The van der Waals surface area contributed by atoms with Crippen LogP contribution in [0.1, 0.15) is 39.2 Å². The predicted molar refractivity (Wildman–Crippen MR) is 116 cm³/mol. The van der Waals surface area contributed by atoms with Crippen LogP contribution in [0.5, 0.6) is 0 Å². The Hall–Kier alpha value is -3.13. The highest BCUT2D eigenvalue weighted by molar-refractivity contribution is 7.14. The first-order chi connectivity index (χ1) is 14.4. The molecule has 2 heterocycles. The van der Waals surface area contributed by atoms with Crippen LogP contribution in [0.15, 0.2) is 41.2 Å². The number of carbonyl (C=O) groups excluding carboxylic acids is 2. The Labute approximate surface area is 177 Å². The minimum Gasteiger partial charge on any atom is -0.448 e. The fraction of sp³-hybridized carbons (Fsp3) is 0.318. The van der Waals surface area contributed by atoms with E-state index in [0.29, 0.717) is 16.3 Å². The molecule has 1 aliphatic carbocycles. The smallest absolute Gasteiger partial charge is 0.349 e. The topological polar surface area (TPSA) is 82.3 Å². The van der Waals surface area contributed by atoms with E-state index in [4.69, 9.17) is 4.74 Å². The standard InChI is InChI=1S/C22H23N3O4S/c1-13-19(21(27)25(24(13)3)16-9-5-4-6-10-16)23-20(26)14(2)29-22(28)18-12-15-8-7-11-17(15)30-18/h4-6,9-10,12,14H,7-8,11H2,1-3H3,(H,23,26)/t14-/m0/s1. The highest BCUT2D eigenvalue weighted by Crippen LogP contribution is 2.31. The van der Waals surface area contributed by atoms with Crippen molar-refractivity contribution in [2.75, 3.05) is 5.32 Å². The third-order valence-corrected chi connectivity index (χ3v) is 6.62. The molecule has 0 saturated heterocycles. The van der Waals surface area contributed by atoms with Gasteiger partial charge in [-0.2, -0.15) is 0 Å². The summed E-state index contributed by atoms with van der Waals surface area (Å²) in [4.78, 5) is 39.7. The largest absolute Gasteiger partial charge is 0.448 e. The normalized spacial score (nSPS) is 13.7. The maximum Gasteiger partial charge on any atom is 0.349 e. The van der Waals surface area contributed by atoms with Crippen molar-refractivity contribution in [3.05, 3.63) is 67.8 Å². The van der Waals surface area contributed by atoms with Gasteiger partial charge in [0.1, 0.15) is 10.6 Å². The second kappa shape index (κ2) is 7.95. The van der Waals surface area contributed by atoms with E-state index in [0.717, 1.165) is 19.3 Å². The van der Waals surface area contributed by atoms with Crippen LogP contribution in [-0.4, -0.2) is 27.3 Å². The van der Waals surface area contributed by atoms with Crippen molar-refractivity contribution in [1.82, 2.24) is 9.36 Å². The summed E-state index contributed by atoms with van der Waals surface area (Å²) in [5, 5.41) is 2.64. The molecule has 8 heteroatoms. The number of benzene rings is 1.